The van der Waals surface area contributed by atoms with Gasteiger partial charge in [-0.05, 0) is 46.1 Å². The highest BCUT2D eigenvalue weighted by molar-refractivity contribution is 9.10. The number of aryl methyl sites for hydroxylation is 1. The summed E-state index contributed by atoms with van der Waals surface area (Å²) in [7, 11) is 2.10. The average Bonchev–Trinajstić information content (AvgIpc) is 2.41. The van der Waals surface area contributed by atoms with E-state index in [2.05, 4.69) is 77.3 Å². The minimum atomic E-state index is 0.570. The lowest BCUT2D eigenvalue weighted by Gasteiger charge is -2.21. The number of rotatable bonds is 4. The van der Waals surface area contributed by atoms with Gasteiger partial charge in [-0.2, -0.15) is 0 Å². The summed E-state index contributed by atoms with van der Waals surface area (Å²) in [5, 5.41) is 0. The summed E-state index contributed by atoms with van der Waals surface area (Å²) >= 11 is 3.62. The first-order valence-electron chi connectivity index (χ1n) is 6.35. The summed E-state index contributed by atoms with van der Waals surface area (Å²) in [6.07, 6.45) is 0. The van der Waals surface area contributed by atoms with Crippen molar-refractivity contribution in [3.63, 3.8) is 0 Å². The van der Waals surface area contributed by atoms with E-state index in [1.54, 1.807) is 0 Å². The van der Waals surface area contributed by atoms with Gasteiger partial charge in [0.25, 0.3) is 0 Å². The normalized spacial score (nSPS) is 10.5. The second-order valence-corrected chi connectivity index (χ2v) is 5.69. The van der Waals surface area contributed by atoms with E-state index >= 15 is 0 Å². The van der Waals surface area contributed by atoms with Crippen LogP contribution < -0.4 is 10.6 Å². The van der Waals surface area contributed by atoms with Gasteiger partial charge in [0.1, 0.15) is 0 Å². The Labute approximate surface area is 123 Å². The van der Waals surface area contributed by atoms with Gasteiger partial charge in [-0.25, -0.2) is 0 Å². The van der Waals surface area contributed by atoms with Gasteiger partial charge < -0.3 is 10.6 Å². The molecule has 3 heteroatoms. The van der Waals surface area contributed by atoms with Crippen molar-refractivity contribution in [2.75, 3.05) is 11.9 Å². The van der Waals surface area contributed by atoms with Crippen molar-refractivity contribution in [1.29, 1.82) is 0 Å². The van der Waals surface area contributed by atoms with E-state index in [1.807, 2.05) is 0 Å². The molecule has 0 unspecified atom stereocenters. The molecule has 2 rings (SSSR count). The lowest BCUT2D eigenvalue weighted by Crippen LogP contribution is -2.17. The maximum atomic E-state index is 5.65. The number of hydrogen-bond donors (Lipinski definition) is 1. The van der Waals surface area contributed by atoms with Crippen molar-refractivity contribution in [3.8, 4) is 0 Å². The van der Waals surface area contributed by atoms with Crippen molar-refractivity contribution in [3.05, 3.63) is 63.6 Å². The molecule has 0 radical (unpaired) electrons. The topological polar surface area (TPSA) is 29.3 Å². The largest absolute Gasteiger partial charge is 0.369 e. The van der Waals surface area contributed by atoms with Crippen LogP contribution in [-0.4, -0.2) is 7.05 Å². The van der Waals surface area contributed by atoms with E-state index in [4.69, 9.17) is 5.73 Å². The molecule has 0 atom stereocenters. The maximum absolute atomic E-state index is 5.65. The smallest absolute Gasteiger partial charge is 0.0511 e. The van der Waals surface area contributed by atoms with Crippen molar-refractivity contribution < 1.29 is 0 Å². The van der Waals surface area contributed by atoms with Gasteiger partial charge in [-0.15, -0.1) is 0 Å². The molecule has 0 aliphatic carbocycles. The third kappa shape index (κ3) is 3.58. The lowest BCUT2D eigenvalue weighted by atomic mass is 10.1. The molecule has 0 heterocycles. The third-order valence-electron chi connectivity index (χ3n) is 3.20. The molecule has 100 valence electrons. The van der Waals surface area contributed by atoms with Crippen molar-refractivity contribution in [2.24, 2.45) is 5.73 Å². The van der Waals surface area contributed by atoms with Crippen molar-refractivity contribution >= 4 is 21.6 Å². The first-order chi connectivity index (χ1) is 9.10. The van der Waals surface area contributed by atoms with E-state index < -0.39 is 0 Å². The molecule has 0 saturated carbocycles. The molecule has 19 heavy (non-hydrogen) atoms. The molecule has 0 saturated heterocycles. The van der Waals surface area contributed by atoms with Crippen LogP contribution in [0.4, 0.5) is 5.69 Å². The summed E-state index contributed by atoms with van der Waals surface area (Å²) in [4.78, 5) is 2.23. The predicted molar refractivity (Wildman–Crippen MR) is 85.3 cm³/mol. The number of anilines is 1. The zero-order valence-electron chi connectivity index (χ0n) is 11.4. The molecule has 0 aliphatic rings. The molecular weight excluding hydrogens is 300 g/mol. The van der Waals surface area contributed by atoms with Crippen LogP contribution in [0.15, 0.2) is 46.9 Å². The van der Waals surface area contributed by atoms with Gasteiger partial charge in [-0.3, -0.25) is 0 Å². The highest BCUT2D eigenvalue weighted by Crippen LogP contribution is 2.27. The molecule has 0 spiro atoms. The summed E-state index contributed by atoms with van der Waals surface area (Å²) in [5.74, 6) is 0. The minimum Gasteiger partial charge on any atom is -0.369 e. The van der Waals surface area contributed by atoms with Crippen LogP contribution in [0.3, 0.4) is 0 Å². The zero-order chi connectivity index (χ0) is 13.8. The quantitative estimate of drug-likeness (QED) is 0.927. The number of halogens is 1. The van der Waals surface area contributed by atoms with Gasteiger partial charge in [-0.1, -0.05) is 35.9 Å². The highest BCUT2D eigenvalue weighted by atomic mass is 79.9. The summed E-state index contributed by atoms with van der Waals surface area (Å²) in [6.45, 7) is 3.57. The second-order valence-electron chi connectivity index (χ2n) is 4.83. The summed E-state index contributed by atoms with van der Waals surface area (Å²) < 4.78 is 1.09. The van der Waals surface area contributed by atoms with Crippen molar-refractivity contribution in [1.82, 2.24) is 0 Å². The number of nitrogens with two attached hydrogens (primary N) is 1. The molecule has 2 aromatic carbocycles. The SMILES string of the molecule is Cc1ccc(CN(C)c2ccc(CN)cc2Br)cc1. The average molecular weight is 319 g/mol. The fourth-order valence-corrected chi connectivity index (χ4v) is 2.77. The van der Waals surface area contributed by atoms with Crippen molar-refractivity contribution in [2.45, 2.75) is 20.0 Å². The Morgan fingerprint density at radius 3 is 2.26 bits per heavy atom. The van der Waals surface area contributed by atoms with E-state index in [0.29, 0.717) is 6.54 Å². The Hall–Kier alpha value is -1.32. The van der Waals surface area contributed by atoms with Gasteiger partial charge in [0, 0.05) is 24.6 Å². The summed E-state index contributed by atoms with van der Waals surface area (Å²) in [6, 6.07) is 14.9. The van der Waals surface area contributed by atoms with Gasteiger partial charge in [0.15, 0.2) is 0 Å². The molecule has 0 aliphatic heterocycles. The van der Waals surface area contributed by atoms with Gasteiger partial charge in [0.05, 0.1) is 5.69 Å². The predicted octanol–water partition coefficient (Wildman–Crippen LogP) is 3.85. The molecular formula is C16H19BrN2. The molecule has 0 fully saturated rings. The number of nitrogens with zero attached hydrogens (tertiary/aromatic N) is 1. The Morgan fingerprint density at radius 1 is 1.05 bits per heavy atom. The monoisotopic (exact) mass is 318 g/mol. The molecule has 2 aromatic rings. The van der Waals surface area contributed by atoms with Gasteiger partial charge in [0.2, 0.25) is 0 Å². The van der Waals surface area contributed by atoms with E-state index in [1.165, 1.54) is 16.8 Å². The third-order valence-corrected chi connectivity index (χ3v) is 3.83. The van der Waals surface area contributed by atoms with Crippen LogP contribution >= 0.6 is 15.9 Å². The van der Waals surface area contributed by atoms with Crippen LogP contribution in [0.2, 0.25) is 0 Å². The Kier molecular flexibility index (Phi) is 4.61. The fraction of sp³-hybridized carbons (Fsp3) is 0.250. The molecule has 2 N–H and O–H groups in total. The maximum Gasteiger partial charge on any atom is 0.0511 e. The Morgan fingerprint density at radius 2 is 1.68 bits per heavy atom. The fourth-order valence-electron chi connectivity index (χ4n) is 2.04. The minimum absolute atomic E-state index is 0.570. The summed E-state index contributed by atoms with van der Waals surface area (Å²) in [5.41, 5.74) is 10.6. The van der Waals surface area contributed by atoms with Crippen LogP contribution in [0.25, 0.3) is 0 Å². The standard InChI is InChI=1S/C16H19BrN2/c1-12-3-5-13(6-4-12)11-19(2)16-8-7-14(10-18)9-15(16)17/h3-9H,10-11,18H2,1-2H3. The Bertz CT molecular complexity index is 549. The first-order valence-corrected chi connectivity index (χ1v) is 7.14. The lowest BCUT2D eigenvalue weighted by molar-refractivity contribution is 0.917. The van der Waals surface area contributed by atoms with E-state index in [0.717, 1.165) is 16.6 Å². The van der Waals surface area contributed by atoms with Crippen LogP contribution in [0.1, 0.15) is 16.7 Å². The molecule has 0 bridgehead atoms. The zero-order valence-corrected chi connectivity index (χ0v) is 12.9. The molecule has 2 nitrogen and oxygen atoms in total. The molecule has 0 aromatic heterocycles. The van der Waals surface area contributed by atoms with E-state index in [-0.39, 0.29) is 0 Å². The molecule has 0 amide bonds. The highest BCUT2D eigenvalue weighted by Gasteiger charge is 2.07. The van der Waals surface area contributed by atoms with E-state index in [9.17, 15) is 0 Å². The van der Waals surface area contributed by atoms with Crippen LogP contribution in [0.5, 0.6) is 0 Å². The Balaban J connectivity index is 2.15. The van der Waals surface area contributed by atoms with Crippen LogP contribution in [-0.2, 0) is 13.1 Å². The number of hydrogen-bond acceptors (Lipinski definition) is 2. The number of benzene rings is 2. The second kappa shape index (κ2) is 6.22. The first kappa shape index (κ1) is 14.1. The van der Waals surface area contributed by atoms with Gasteiger partial charge >= 0.3 is 0 Å². The van der Waals surface area contributed by atoms with Crippen LogP contribution in [0, 0.1) is 6.92 Å².